The highest BCUT2D eigenvalue weighted by Crippen LogP contribution is 2.32. The van der Waals surface area contributed by atoms with Crippen molar-refractivity contribution in [2.24, 2.45) is 0 Å². The molecular weight excluding hydrogens is 296 g/mol. The smallest absolute Gasteiger partial charge is 0.410 e. The lowest BCUT2D eigenvalue weighted by Crippen LogP contribution is -2.60. The highest BCUT2D eigenvalue weighted by molar-refractivity contribution is 5.89. The Hall–Kier alpha value is -2.08. The third-order valence-corrected chi connectivity index (χ3v) is 4.83. The van der Waals surface area contributed by atoms with E-state index in [2.05, 4.69) is 11.8 Å². The van der Waals surface area contributed by atoms with Crippen molar-refractivity contribution in [1.29, 1.82) is 0 Å². The average Bonchev–Trinajstić information content (AvgIpc) is 2.91. The minimum absolute atomic E-state index is 0.195. The average molecular weight is 318 g/mol. The summed E-state index contributed by atoms with van der Waals surface area (Å²) in [6.45, 7) is 5.58. The molecule has 3 rings (SSSR count). The number of esters is 1. The Bertz CT molecular complexity index is 618. The molecule has 6 nitrogen and oxygen atoms in total. The Kier molecular flexibility index (Phi) is 4.26. The van der Waals surface area contributed by atoms with Crippen molar-refractivity contribution in [2.75, 3.05) is 33.4 Å². The Labute approximate surface area is 136 Å². The van der Waals surface area contributed by atoms with Gasteiger partial charge in [0.25, 0.3) is 0 Å². The van der Waals surface area contributed by atoms with E-state index >= 15 is 0 Å². The van der Waals surface area contributed by atoms with E-state index in [-0.39, 0.29) is 17.6 Å². The van der Waals surface area contributed by atoms with Crippen LogP contribution in [0, 0.1) is 0 Å². The van der Waals surface area contributed by atoms with Crippen LogP contribution in [0.4, 0.5) is 4.79 Å². The quantitative estimate of drug-likeness (QED) is 0.794. The summed E-state index contributed by atoms with van der Waals surface area (Å²) in [5, 5.41) is 0. The van der Waals surface area contributed by atoms with Gasteiger partial charge in [-0.2, -0.15) is 0 Å². The van der Waals surface area contributed by atoms with Gasteiger partial charge in [-0.1, -0.05) is 19.1 Å². The molecule has 1 amide bonds. The summed E-state index contributed by atoms with van der Waals surface area (Å²) < 4.78 is 10.0. The minimum Gasteiger partial charge on any atom is -0.465 e. The van der Waals surface area contributed by atoms with E-state index in [9.17, 15) is 9.59 Å². The summed E-state index contributed by atoms with van der Waals surface area (Å²) in [4.78, 5) is 27.7. The molecule has 1 aromatic carbocycles. The van der Waals surface area contributed by atoms with Crippen LogP contribution in [0.15, 0.2) is 24.3 Å². The van der Waals surface area contributed by atoms with E-state index < -0.39 is 0 Å². The van der Waals surface area contributed by atoms with Gasteiger partial charge >= 0.3 is 12.1 Å². The number of rotatable bonds is 4. The molecule has 6 heteroatoms. The van der Waals surface area contributed by atoms with Crippen LogP contribution in [0.25, 0.3) is 0 Å². The predicted octanol–water partition coefficient (Wildman–Crippen LogP) is 1.89. The summed E-state index contributed by atoms with van der Waals surface area (Å²) in [5.74, 6) is -0.323. The molecule has 0 aromatic heterocycles. The SMILES string of the molecule is CCC12COC(=O)N1CCN(Cc1cccc(C(=O)OC)c1)C2. The van der Waals surface area contributed by atoms with Gasteiger partial charge in [0.05, 0.1) is 18.2 Å². The van der Waals surface area contributed by atoms with Crippen LogP contribution in [0.3, 0.4) is 0 Å². The molecule has 0 saturated carbocycles. The number of piperazine rings is 1. The molecule has 0 N–H and O–H groups in total. The number of cyclic esters (lactones) is 1. The normalized spacial score (nSPS) is 24.3. The molecular formula is C17H22N2O4. The highest BCUT2D eigenvalue weighted by atomic mass is 16.6. The molecule has 124 valence electrons. The molecule has 2 heterocycles. The standard InChI is InChI=1S/C17H22N2O4/c1-3-17-11-18(7-8-19(17)16(21)23-12-17)10-13-5-4-6-14(9-13)15(20)22-2/h4-6,9H,3,7-8,10-12H2,1-2H3. The zero-order valence-corrected chi connectivity index (χ0v) is 13.6. The zero-order chi connectivity index (χ0) is 16.4. The fourth-order valence-corrected chi connectivity index (χ4v) is 3.45. The summed E-state index contributed by atoms with van der Waals surface area (Å²) in [7, 11) is 1.39. The largest absolute Gasteiger partial charge is 0.465 e. The molecule has 2 aliphatic heterocycles. The van der Waals surface area contributed by atoms with E-state index in [0.717, 1.165) is 31.6 Å². The van der Waals surface area contributed by atoms with Crippen molar-refractivity contribution >= 4 is 12.1 Å². The van der Waals surface area contributed by atoms with Crippen LogP contribution < -0.4 is 0 Å². The second-order valence-corrected chi connectivity index (χ2v) is 6.19. The lowest BCUT2D eigenvalue weighted by molar-refractivity contribution is 0.0448. The first kappa shape index (κ1) is 15.8. The van der Waals surface area contributed by atoms with E-state index in [4.69, 9.17) is 9.47 Å². The summed E-state index contributed by atoms with van der Waals surface area (Å²) >= 11 is 0. The Morgan fingerprint density at radius 1 is 1.39 bits per heavy atom. The summed E-state index contributed by atoms with van der Waals surface area (Å²) in [6, 6.07) is 7.50. The van der Waals surface area contributed by atoms with Gasteiger partial charge in [0.2, 0.25) is 0 Å². The van der Waals surface area contributed by atoms with E-state index in [1.165, 1.54) is 7.11 Å². The first-order chi connectivity index (χ1) is 11.1. The number of amides is 1. The second kappa shape index (κ2) is 6.20. The van der Waals surface area contributed by atoms with Gasteiger partial charge in [-0.25, -0.2) is 9.59 Å². The molecule has 2 fully saturated rings. The molecule has 1 aromatic rings. The Morgan fingerprint density at radius 3 is 2.96 bits per heavy atom. The van der Waals surface area contributed by atoms with Gasteiger partial charge in [0.1, 0.15) is 6.61 Å². The lowest BCUT2D eigenvalue weighted by Gasteiger charge is -2.44. The van der Waals surface area contributed by atoms with Crippen molar-refractivity contribution in [1.82, 2.24) is 9.80 Å². The van der Waals surface area contributed by atoms with Crippen LogP contribution in [0.5, 0.6) is 0 Å². The zero-order valence-electron chi connectivity index (χ0n) is 13.6. The minimum atomic E-state index is -0.323. The number of nitrogens with zero attached hydrogens (tertiary/aromatic N) is 2. The number of methoxy groups -OCH3 is 1. The number of ether oxygens (including phenoxy) is 2. The molecule has 0 spiro atoms. The molecule has 0 radical (unpaired) electrons. The number of carbonyl (C=O) groups is 2. The van der Waals surface area contributed by atoms with Crippen LogP contribution in [-0.2, 0) is 16.0 Å². The van der Waals surface area contributed by atoms with Gasteiger partial charge in [-0.3, -0.25) is 9.80 Å². The van der Waals surface area contributed by atoms with Crippen molar-refractivity contribution in [3.8, 4) is 0 Å². The van der Waals surface area contributed by atoms with Crippen LogP contribution in [0.2, 0.25) is 0 Å². The van der Waals surface area contributed by atoms with Gasteiger partial charge in [0.15, 0.2) is 0 Å². The van der Waals surface area contributed by atoms with Crippen molar-refractivity contribution in [3.63, 3.8) is 0 Å². The highest BCUT2D eigenvalue weighted by Gasteiger charge is 2.49. The monoisotopic (exact) mass is 318 g/mol. The van der Waals surface area contributed by atoms with Crippen molar-refractivity contribution in [2.45, 2.75) is 25.4 Å². The van der Waals surface area contributed by atoms with E-state index in [0.29, 0.717) is 18.7 Å². The first-order valence-electron chi connectivity index (χ1n) is 7.92. The maximum absolute atomic E-state index is 11.8. The van der Waals surface area contributed by atoms with Gasteiger partial charge in [-0.05, 0) is 24.1 Å². The first-order valence-corrected chi connectivity index (χ1v) is 7.92. The predicted molar refractivity (Wildman–Crippen MR) is 84.1 cm³/mol. The molecule has 0 aliphatic carbocycles. The maximum Gasteiger partial charge on any atom is 0.410 e. The van der Waals surface area contributed by atoms with Gasteiger partial charge in [0, 0.05) is 26.2 Å². The van der Waals surface area contributed by atoms with Gasteiger partial charge in [-0.15, -0.1) is 0 Å². The maximum atomic E-state index is 11.8. The number of hydrogen-bond acceptors (Lipinski definition) is 5. The third-order valence-electron chi connectivity index (χ3n) is 4.83. The van der Waals surface area contributed by atoms with Gasteiger partial charge < -0.3 is 9.47 Å². The molecule has 0 bridgehead atoms. The van der Waals surface area contributed by atoms with Crippen molar-refractivity contribution < 1.29 is 19.1 Å². The molecule has 1 atom stereocenters. The molecule has 1 unspecified atom stereocenters. The Balaban J connectivity index is 1.72. The number of benzene rings is 1. The molecule has 2 aliphatic rings. The molecule has 23 heavy (non-hydrogen) atoms. The van der Waals surface area contributed by atoms with Crippen LogP contribution >= 0.6 is 0 Å². The van der Waals surface area contributed by atoms with E-state index in [1.54, 1.807) is 6.07 Å². The summed E-state index contributed by atoms with van der Waals surface area (Å²) in [6.07, 6.45) is 0.677. The molecule has 2 saturated heterocycles. The number of hydrogen-bond donors (Lipinski definition) is 0. The van der Waals surface area contributed by atoms with Crippen LogP contribution in [0.1, 0.15) is 29.3 Å². The number of carbonyl (C=O) groups excluding carboxylic acids is 2. The third kappa shape index (κ3) is 2.91. The van der Waals surface area contributed by atoms with Crippen molar-refractivity contribution in [3.05, 3.63) is 35.4 Å². The second-order valence-electron chi connectivity index (χ2n) is 6.19. The Morgan fingerprint density at radius 2 is 2.22 bits per heavy atom. The number of fused-ring (bicyclic) bond motifs is 1. The fourth-order valence-electron chi connectivity index (χ4n) is 3.45. The fraction of sp³-hybridized carbons (Fsp3) is 0.529. The topological polar surface area (TPSA) is 59.1 Å². The lowest BCUT2D eigenvalue weighted by atomic mass is 9.92. The van der Waals surface area contributed by atoms with E-state index in [1.807, 2.05) is 23.1 Å². The van der Waals surface area contributed by atoms with Crippen LogP contribution in [-0.4, -0.2) is 60.8 Å². The summed E-state index contributed by atoms with van der Waals surface area (Å²) in [5.41, 5.74) is 1.42.